The number of ether oxygens (including phenoxy) is 1. The van der Waals surface area contributed by atoms with E-state index in [2.05, 4.69) is 27.8 Å². The molecular weight excluding hydrogens is 512 g/mol. The Labute approximate surface area is 233 Å². The van der Waals surface area contributed by atoms with Gasteiger partial charge in [-0.1, -0.05) is 50.1 Å². The molecule has 1 aliphatic carbocycles. The van der Waals surface area contributed by atoms with Gasteiger partial charge in [-0.2, -0.15) is 4.72 Å². The Morgan fingerprint density at radius 2 is 1.77 bits per heavy atom. The summed E-state index contributed by atoms with van der Waals surface area (Å²) in [5.41, 5.74) is 3.88. The molecule has 5 rings (SSSR count). The normalized spacial score (nSPS) is 30.0. The van der Waals surface area contributed by atoms with Gasteiger partial charge in [0.25, 0.3) is 0 Å². The number of hydrogen-bond acceptors (Lipinski definition) is 6. The van der Waals surface area contributed by atoms with E-state index in [4.69, 9.17) is 4.74 Å². The van der Waals surface area contributed by atoms with Gasteiger partial charge in [-0.3, -0.25) is 0 Å². The lowest BCUT2D eigenvalue weighted by Crippen LogP contribution is -2.44. The fourth-order valence-electron chi connectivity index (χ4n) is 6.55. The van der Waals surface area contributed by atoms with E-state index in [9.17, 15) is 18.6 Å². The molecule has 39 heavy (non-hydrogen) atoms. The monoisotopic (exact) mass is 556 g/mol. The van der Waals surface area contributed by atoms with E-state index in [-0.39, 0.29) is 12.0 Å². The highest BCUT2D eigenvalue weighted by atomic mass is 32.2. The number of aliphatic hydroxyl groups excluding tert-OH is 2. The smallest absolute Gasteiger partial charge is 0.216 e. The van der Waals surface area contributed by atoms with Gasteiger partial charge in [-0.15, -0.1) is 0 Å². The second kappa shape index (κ2) is 12.6. The minimum atomic E-state index is -3.72. The van der Waals surface area contributed by atoms with Gasteiger partial charge >= 0.3 is 0 Å². The topological polar surface area (TPSA) is 99.1 Å². The maximum atomic E-state index is 13.2. The maximum Gasteiger partial charge on any atom is 0.216 e. The third-order valence-electron chi connectivity index (χ3n) is 9.14. The Kier molecular flexibility index (Phi) is 9.16. The van der Waals surface area contributed by atoms with Crippen LogP contribution < -0.4 is 14.4 Å². The molecule has 0 aromatic heterocycles. The summed E-state index contributed by atoms with van der Waals surface area (Å²) in [6, 6.07) is 13.9. The Bertz CT molecular complexity index is 1220. The van der Waals surface area contributed by atoms with Crippen LogP contribution in [-0.4, -0.2) is 43.1 Å². The SMILES string of the molecule is CC[C@@H]1CCCC[C@H](O)[C@@H]2CC[C@H]2CN2CCCCc3ccccc3COc3ccc(cc32)C(O)NS1(=O)=O. The molecule has 2 heterocycles. The van der Waals surface area contributed by atoms with Crippen LogP contribution in [0.3, 0.4) is 0 Å². The van der Waals surface area contributed by atoms with E-state index in [1.54, 1.807) is 6.07 Å². The third-order valence-corrected chi connectivity index (χ3v) is 11.1. The molecule has 2 aromatic rings. The van der Waals surface area contributed by atoms with Gasteiger partial charge < -0.3 is 19.8 Å². The number of nitrogens with zero attached hydrogens (tertiary/aromatic N) is 1. The van der Waals surface area contributed by atoms with Crippen molar-refractivity contribution in [3.05, 3.63) is 59.2 Å². The van der Waals surface area contributed by atoms with Crippen molar-refractivity contribution in [1.82, 2.24) is 4.72 Å². The number of benzene rings is 2. The summed E-state index contributed by atoms with van der Waals surface area (Å²) in [4.78, 5) is 2.35. The third kappa shape index (κ3) is 6.62. The Balaban J connectivity index is 1.51. The van der Waals surface area contributed by atoms with Crippen molar-refractivity contribution in [2.75, 3.05) is 18.0 Å². The number of sulfonamides is 1. The maximum absolute atomic E-state index is 13.2. The van der Waals surface area contributed by atoms with Crippen LogP contribution in [-0.2, 0) is 23.1 Å². The van der Waals surface area contributed by atoms with Crippen LogP contribution in [0.15, 0.2) is 42.5 Å². The van der Waals surface area contributed by atoms with Crippen molar-refractivity contribution in [1.29, 1.82) is 0 Å². The molecule has 1 unspecified atom stereocenters. The quantitative estimate of drug-likeness (QED) is 0.454. The Hall–Kier alpha value is -2.13. The van der Waals surface area contributed by atoms with Crippen molar-refractivity contribution in [3.8, 4) is 5.75 Å². The van der Waals surface area contributed by atoms with Crippen molar-refractivity contribution < 1.29 is 23.4 Å². The standard InChI is InChI=1S/C31H44N2O5S/c1-2-26-12-5-6-13-29(34)27-16-14-24(27)20-33-18-8-7-10-22-9-3-4-11-25(22)21-38-30-17-15-23(19-28(30)33)31(35)32-39(26,36)37/h3-4,9,11,15,17,19,24,26-27,29,31-32,34-35H,2,5-8,10,12-14,16,18,20-21H2,1H3/t24-,26+,27+,29-,31?/m0/s1. The summed E-state index contributed by atoms with van der Waals surface area (Å²) in [5, 5.41) is 21.5. The van der Waals surface area contributed by atoms with E-state index >= 15 is 0 Å². The van der Waals surface area contributed by atoms with Gasteiger partial charge in [-0.25, -0.2) is 8.42 Å². The van der Waals surface area contributed by atoms with Crippen LogP contribution in [0.5, 0.6) is 5.75 Å². The van der Waals surface area contributed by atoms with E-state index in [1.807, 2.05) is 25.1 Å². The highest BCUT2D eigenvalue weighted by molar-refractivity contribution is 7.90. The van der Waals surface area contributed by atoms with Crippen LogP contribution >= 0.6 is 0 Å². The van der Waals surface area contributed by atoms with E-state index in [0.29, 0.717) is 37.4 Å². The van der Waals surface area contributed by atoms with E-state index < -0.39 is 21.5 Å². The fraction of sp³-hybridized carbons (Fsp3) is 0.613. The first kappa shape index (κ1) is 28.4. The molecular formula is C31H44N2O5S. The summed E-state index contributed by atoms with van der Waals surface area (Å²) >= 11 is 0. The Morgan fingerprint density at radius 1 is 0.974 bits per heavy atom. The minimum absolute atomic E-state index is 0.269. The average molecular weight is 557 g/mol. The van der Waals surface area contributed by atoms with Crippen molar-refractivity contribution in [3.63, 3.8) is 0 Å². The largest absolute Gasteiger partial charge is 0.487 e. The summed E-state index contributed by atoms with van der Waals surface area (Å²) in [5.74, 6) is 1.40. The number of rotatable bonds is 1. The zero-order valence-corrected chi connectivity index (χ0v) is 23.9. The number of fused-ring (bicyclic) bond motifs is 3. The molecule has 214 valence electrons. The van der Waals surface area contributed by atoms with Crippen LogP contribution in [0, 0.1) is 11.8 Å². The first-order chi connectivity index (χ1) is 18.9. The zero-order chi connectivity index (χ0) is 27.4. The second-order valence-corrected chi connectivity index (χ2v) is 13.6. The average Bonchev–Trinajstić information content (AvgIpc) is 2.93. The first-order valence-corrected chi connectivity index (χ1v) is 16.4. The predicted octanol–water partition coefficient (Wildman–Crippen LogP) is 5.06. The number of nitrogens with one attached hydrogen (secondary N) is 1. The van der Waals surface area contributed by atoms with E-state index in [1.165, 1.54) is 11.1 Å². The highest BCUT2D eigenvalue weighted by Crippen LogP contribution is 2.42. The zero-order valence-electron chi connectivity index (χ0n) is 23.1. The van der Waals surface area contributed by atoms with Crippen LogP contribution in [0.4, 0.5) is 5.69 Å². The summed E-state index contributed by atoms with van der Waals surface area (Å²) in [7, 11) is -3.72. The summed E-state index contributed by atoms with van der Waals surface area (Å²) in [6.45, 7) is 3.97. The predicted molar refractivity (Wildman–Crippen MR) is 154 cm³/mol. The van der Waals surface area contributed by atoms with Gasteiger partial charge in [0, 0.05) is 13.1 Å². The number of aryl methyl sites for hydroxylation is 1. The molecule has 0 spiro atoms. The molecule has 7 nitrogen and oxygen atoms in total. The molecule has 3 aliphatic rings. The fourth-order valence-corrected chi connectivity index (χ4v) is 8.10. The van der Waals surface area contributed by atoms with Gasteiger partial charge in [0.1, 0.15) is 18.6 Å². The Morgan fingerprint density at radius 3 is 2.54 bits per heavy atom. The van der Waals surface area contributed by atoms with E-state index in [0.717, 1.165) is 69.5 Å². The lowest BCUT2D eigenvalue weighted by molar-refractivity contribution is 0.00933. The molecule has 5 atom stereocenters. The molecule has 2 aliphatic heterocycles. The first-order valence-electron chi connectivity index (χ1n) is 14.8. The highest BCUT2D eigenvalue weighted by Gasteiger charge is 2.37. The lowest BCUT2D eigenvalue weighted by atomic mass is 9.69. The van der Waals surface area contributed by atoms with Gasteiger partial charge in [-0.05, 0) is 92.0 Å². The molecule has 2 bridgehead atoms. The number of anilines is 1. The molecule has 3 N–H and O–H groups in total. The number of aliphatic hydroxyl groups is 2. The molecule has 8 heteroatoms. The molecule has 2 aromatic carbocycles. The summed E-state index contributed by atoms with van der Waals surface area (Å²) in [6.07, 6.45) is 6.76. The lowest BCUT2D eigenvalue weighted by Gasteiger charge is -2.43. The van der Waals surface area contributed by atoms with Gasteiger partial charge in [0.05, 0.1) is 17.0 Å². The number of hydrogen-bond donors (Lipinski definition) is 3. The van der Waals surface area contributed by atoms with Crippen LogP contribution in [0.2, 0.25) is 0 Å². The second-order valence-electron chi connectivity index (χ2n) is 11.6. The summed E-state index contributed by atoms with van der Waals surface area (Å²) < 4.78 is 35.3. The van der Waals surface area contributed by atoms with Crippen molar-refractivity contribution in [2.24, 2.45) is 11.8 Å². The molecule has 1 saturated carbocycles. The van der Waals surface area contributed by atoms with Crippen LogP contribution in [0.25, 0.3) is 0 Å². The van der Waals surface area contributed by atoms with Gasteiger partial charge in [0.15, 0.2) is 0 Å². The molecule has 0 amide bonds. The molecule has 0 saturated heterocycles. The molecule has 0 radical (unpaired) electrons. The van der Waals surface area contributed by atoms with Crippen molar-refractivity contribution >= 4 is 15.7 Å². The molecule has 1 fully saturated rings. The van der Waals surface area contributed by atoms with Crippen molar-refractivity contribution in [2.45, 2.75) is 95.3 Å². The minimum Gasteiger partial charge on any atom is -0.487 e. The van der Waals surface area contributed by atoms with Crippen LogP contribution in [0.1, 0.15) is 87.6 Å². The van der Waals surface area contributed by atoms with Gasteiger partial charge in [0.2, 0.25) is 10.0 Å².